The van der Waals surface area contributed by atoms with E-state index in [1.54, 1.807) is 11.3 Å². The molecule has 2 heterocycles. The summed E-state index contributed by atoms with van der Waals surface area (Å²) in [7, 11) is 0. The van der Waals surface area contributed by atoms with Crippen molar-refractivity contribution in [3.63, 3.8) is 0 Å². The predicted molar refractivity (Wildman–Crippen MR) is 109 cm³/mol. The number of thiazole rings is 1. The number of likely N-dealkylation sites (tertiary alicyclic amines) is 1. The molecule has 0 bridgehead atoms. The van der Waals surface area contributed by atoms with Gasteiger partial charge in [-0.05, 0) is 51.4 Å². The SMILES string of the molecule is CC[C@@H](CN1CCCC1)NC(=O)Cc1sc(C)nc1-c1ccc(Cl)cc1. The lowest BCUT2D eigenvalue weighted by atomic mass is 10.1. The summed E-state index contributed by atoms with van der Waals surface area (Å²) < 4.78 is 0. The molecule has 1 atom stereocenters. The van der Waals surface area contributed by atoms with E-state index in [1.165, 1.54) is 12.8 Å². The number of amides is 1. The molecule has 1 aromatic heterocycles. The van der Waals surface area contributed by atoms with E-state index in [-0.39, 0.29) is 11.9 Å². The first-order valence-corrected chi connectivity index (χ1v) is 10.5. The molecule has 0 unspecified atom stereocenters. The van der Waals surface area contributed by atoms with E-state index >= 15 is 0 Å². The molecular formula is C20H26ClN3OS. The highest BCUT2D eigenvalue weighted by atomic mass is 35.5. The third kappa shape index (κ3) is 5.06. The van der Waals surface area contributed by atoms with Crippen molar-refractivity contribution in [2.24, 2.45) is 0 Å². The Balaban J connectivity index is 1.66. The lowest BCUT2D eigenvalue weighted by Crippen LogP contribution is -2.43. The summed E-state index contributed by atoms with van der Waals surface area (Å²) >= 11 is 7.58. The zero-order valence-corrected chi connectivity index (χ0v) is 17.0. The van der Waals surface area contributed by atoms with Gasteiger partial charge in [-0.1, -0.05) is 30.7 Å². The van der Waals surface area contributed by atoms with Gasteiger partial charge in [0.2, 0.25) is 5.91 Å². The van der Waals surface area contributed by atoms with Crippen LogP contribution in [0.15, 0.2) is 24.3 Å². The third-order valence-corrected chi connectivity index (χ3v) is 6.00. The monoisotopic (exact) mass is 391 g/mol. The number of nitrogens with one attached hydrogen (secondary N) is 1. The first-order chi connectivity index (χ1) is 12.5. The Labute approximate surface area is 164 Å². The highest BCUT2D eigenvalue weighted by Crippen LogP contribution is 2.29. The summed E-state index contributed by atoms with van der Waals surface area (Å²) in [6.45, 7) is 7.38. The van der Waals surface area contributed by atoms with Crippen LogP contribution in [0.5, 0.6) is 0 Å². The maximum absolute atomic E-state index is 12.6. The molecule has 1 aliphatic rings. The quantitative estimate of drug-likeness (QED) is 0.765. The van der Waals surface area contributed by atoms with Crippen LogP contribution in [0.25, 0.3) is 11.3 Å². The number of hydrogen-bond acceptors (Lipinski definition) is 4. The van der Waals surface area contributed by atoms with Gasteiger partial charge in [-0.3, -0.25) is 4.79 Å². The fraction of sp³-hybridized carbons (Fsp3) is 0.500. The zero-order valence-electron chi connectivity index (χ0n) is 15.4. The minimum absolute atomic E-state index is 0.0786. The number of rotatable bonds is 7. The second kappa shape index (κ2) is 8.98. The van der Waals surface area contributed by atoms with Crippen molar-refractivity contribution in [2.45, 2.75) is 45.6 Å². The highest BCUT2D eigenvalue weighted by molar-refractivity contribution is 7.12. The maximum Gasteiger partial charge on any atom is 0.225 e. The smallest absolute Gasteiger partial charge is 0.225 e. The average molecular weight is 392 g/mol. The zero-order chi connectivity index (χ0) is 18.5. The molecule has 0 saturated carbocycles. The Hall–Kier alpha value is -1.43. The summed E-state index contributed by atoms with van der Waals surface area (Å²) in [6.07, 6.45) is 3.87. The molecule has 0 aliphatic carbocycles. The van der Waals surface area contributed by atoms with E-state index in [2.05, 4.69) is 22.1 Å². The van der Waals surface area contributed by atoms with Crippen molar-refractivity contribution in [3.8, 4) is 11.3 Å². The normalized spacial score (nSPS) is 16.0. The van der Waals surface area contributed by atoms with Crippen molar-refractivity contribution in [1.29, 1.82) is 0 Å². The molecule has 0 radical (unpaired) electrons. The van der Waals surface area contributed by atoms with Crippen LogP contribution in [0.2, 0.25) is 5.02 Å². The number of aryl methyl sites for hydroxylation is 1. The minimum Gasteiger partial charge on any atom is -0.352 e. The van der Waals surface area contributed by atoms with Gasteiger partial charge >= 0.3 is 0 Å². The number of aromatic nitrogens is 1. The highest BCUT2D eigenvalue weighted by Gasteiger charge is 2.20. The van der Waals surface area contributed by atoms with Crippen LogP contribution in [0.3, 0.4) is 0 Å². The van der Waals surface area contributed by atoms with Crippen molar-refractivity contribution < 1.29 is 4.79 Å². The maximum atomic E-state index is 12.6. The van der Waals surface area contributed by atoms with E-state index < -0.39 is 0 Å². The molecule has 1 saturated heterocycles. The Morgan fingerprint density at radius 3 is 2.65 bits per heavy atom. The fourth-order valence-electron chi connectivity index (χ4n) is 3.40. The van der Waals surface area contributed by atoms with Crippen LogP contribution < -0.4 is 5.32 Å². The number of halogens is 1. The number of nitrogens with zero attached hydrogens (tertiary/aromatic N) is 2. The van der Waals surface area contributed by atoms with E-state index in [0.29, 0.717) is 11.4 Å². The topological polar surface area (TPSA) is 45.2 Å². The molecule has 26 heavy (non-hydrogen) atoms. The fourth-order valence-corrected chi connectivity index (χ4v) is 4.48. The lowest BCUT2D eigenvalue weighted by Gasteiger charge is -2.23. The number of hydrogen-bond donors (Lipinski definition) is 1. The van der Waals surface area contributed by atoms with Crippen molar-refractivity contribution >= 4 is 28.8 Å². The summed E-state index contributed by atoms with van der Waals surface area (Å²) in [5.41, 5.74) is 1.90. The standard InChI is InChI=1S/C20H26ClN3OS/c1-3-17(13-24-10-4-5-11-24)23-19(25)12-18-20(22-14(2)26-18)15-6-8-16(21)9-7-15/h6-9,17H,3-5,10-13H2,1-2H3,(H,23,25)/t17-/m0/s1. The lowest BCUT2D eigenvalue weighted by molar-refractivity contribution is -0.121. The summed E-state index contributed by atoms with van der Waals surface area (Å²) in [4.78, 5) is 20.7. The van der Waals surface area contributed by atoms with Gasteiger partial charge in [0, 0.05) is 28.0 Å². The number of benzene rings is 1. The molecule has 3 rings (SSSR count). The molecule has 1 N–H and O–H groups in total. The second-order valence-corrected chi connectivity index (χ2v) is 8.59. The summed E-state index contributed by atoms with van der Waals surface area (Å²) in [5, 5.41) is 4.89. The second-order valence-electron chi connectivity index (χ2n) is 6.87. The van der Waals surface area contributed by atoms with Crippen molar-refractivity contribution in [3.05, 3.63) is 39.2 Å². The van der Waals surface area contributed by atoms with Gasteiger partial charge < -0.3 is 10.2 Å². The van der Waals surface area contributed by atoms with Crippen molar-refractivity contribution in [2.75, 3.05) is 19.6 Å². The Morgan fingerprint density at radius 1 is 1.31 bits per heavy atom. The summed E-state index contributed by atoms with van der Waals surface area (Å²) in [5.74, 6) is 0.0786. The molecular weight excluding hydrogens is 366 g/mol. The Bertz CT molecular complexity index is 738. The molecule has 1 aromatic carbocycles. The van der Waals surface area contributed by atoms with Gasteiger partial charge in [0.1, 0.15) is 0 Å². The van der Waals surface area contributed by atoms with Gasteiger partial charge in [-0.25, -0.2) is 4.98 Å². The van der Waals surface area contributed by atoms with Crippen LogP contribution in [-0.2, 0) is 11.2 Å². The minimum atomic E-state index is 0.0786. The Morgan fingerprint density at radius 2 is 2.00 bits per heavy atom. The number of carbonyl (C=O) groups is 1. The molecule has 140 valence electrons. The van der Waals surface area contributed by atoms with Crippen LogP contribution in [0.1, 0.15) is 36.1 Å². The molecule has 2 aromatic rings. The third-order valence-electron chi connectivity index (χ3n) is 4.78. The van der Waals surface area contributed by atoms with E-state index in [1.807, 2.05) is 31.2 Å². The Kier molecular flexibility index (Phi) is 6.68. The van der Waals surface area contributed by atoms with Crippen molar-refractivity contribution in [1.82, 2.24) is 15.2 Å². The first kappa shape index (κ1) is 19.3. The van der Waals surface area contributed by atoms with Gasteiger partial charge in [0.15, 0.2) is 0 Å². The molecule has 1 fully saturated rings. The van der Waals surface area contributed by atoms with Crippen LogP contribution >= 0.6 is 22.9 Å². The molecule has 1 amide bonds. The molecule has 6 heteroatoms. The van der Waals surface area contributed by atoms with Crippen LogP contribution in [0.4, 0.5) is 0 Å². The predicted octanol–water partition coefficient (Wildman–Crippen LogP) is 4.31. The average Bonchev–Trinajstić information content (AvgIpc) is 3.24. The largest absolute Gasteiger partial charge is 0.352 e. The van der Waals surface area contributed by atoms with E-state index in [4.69, 9.17) is 11.6 Å². The van der Waals surface area contributed by atoms with Gasteiger partial charge in [0.05, 0.1) is 17.1 Å². The summed E-state index contributed by atoms with van der Waals surface area (Å²) in [6, 6.07) is 7.85. The molecule has 1 aliphatic heterocycles. The first-order valence-electron chi connectivity index (χ1n) is 9.29. The van der Waals surface area contributed by atoms with Crippen LogP contribution in [-0.4, -0.2) is 41.5 Å². The van der Waals surface area contributed by atoms with Gasteiger partial charge in [-0.15, -0.1) is 11.3 Å². The molecule has 4 nitrogen and oxygen atoms in total. The van der Waals surface area contributed by atoms with Crippen LogP contribution in [0, 0.1) is 6.92 Å². The van der Waals surface area contributed by atoms with E-state index in [0.717, 1.165) is 47.2 Å². The molecule has 0 spiro atoms. The van der Waals surface area contributed by atoms with E-state index in [9.17, 15) is 4.79 Å². The number of carbonyl (C=O) groups excluding carboxylic acids is 1. The van der Waals surface area contributed by atoms with Gasteiger partial charge in [-0.2, -0.15) is 0 Å². The van der Waals surface area contributed by atoms with Gasteiger partial charge in [0.25, 0.3) is 0 Å².